The Morgan fingerprint density at radius 3 is 2.53 bits per heavy atom. The van der Waals surface area contributed by atoms with Crippen molar-refractivity contribution in [3.8, 4) is 0 Å². The minimum atomic E-state index is -1.13. The number of benzene rings is 1. The van der Waals surface area contributed by atoms with Gasteiger partial charge < -0.3 is 25.8 Å². The third kappa shape index (κ3) is 6.73. The maximum Gasteiger partial charge on any atom is 0.328 e. The van der Waals surface area contributed by atoms with E-state index in [1.807, 2.05) is 0 Å². The SMILES string of the molecule is CC(=O)N[C@H](Cc1c[nH]c2c(F)cccc12)C(=O)N[C@@H](CCC(=O)C=N)C(=O)OC(C)C. The number of H-pyrrole nitrogens is 1. The number of fused-ring (bicyclic) bond motifs is 1. The first-order chi connectivity index (χ1) is 15.1. The molecule has 9 nitrogen and oxygen atoms in total. The van der Waals surface area contributed by atoms with E-state index in [1.54, 1.807) is 32.2 Å². The summed E-state index contributed by atoms with van der Waals surface area (Å²) in [4.78, 5) is 51.4. The first-order valence-corrected chi connectivity index (χ1v) is 10.2. The molecule has 0 fully saturated rings. The average molecular weight is 446 g/mol. The Bertz CT molecular complexity index is 1020. The number of rotatable bonds is 11. The lowest BCUT2D eigenvalue weighted by Gasteiger charge is -2.23. The summed E-state index contributed by atoms with van der Waals surface area (Å²) in [5.41, 5.74) is 0.890. The molecule has 2 aromatic rings. The number of hydrogen-bond acceptors (Lipinski definition) is 6. The number of aromatic amines is 1. The fourth-order valence-corrected chi connectivity index (χ4v) is 3.21. The molecular formula is C22H27FN4O5. The van der Waals surface area contributed by atoms with Crippen LogP contribution in [-0.2, 0) is 30.3 Å². The molecule has 172 valence electrons. The molecule has 1 aromatic heterocycles. The maximum absolute atomic E-state index is 14.0. The average Bonchev–Trinajstić information content (AvgIpc) is 3.13. The quantitative estimate of drug-likeness (QED) is 0.308. The minimum Gasteiger partial charge on any atom is -0.461 e. The fourth-order valence-electron chi connectivity index (χ4n) is 3.21. The number of Topliss-reactive ketones (excluding diaryl/α,β-unsaturated/α-hetero) is 1. The van der Waals surface area contributed by atoms with Gasteiger partial charge in [-0.3, -0.25) is 14.4 Å². The van der Waals surface area contributed by atoms with Crippen LogP contribution in [-0.4, -0.2) is 53.0 Å². The third-order valence-electron chi connectivity index (χ3n) is 4.66. The summed E-state index contributed by atoms with van der Waals surface area (Å²) < 4.78 is 19.1. The standard InChI is InChI=1S/C22H27FN4O5/c1-12(2)32-22(31)18(8-7-15(29)10-24)27-21(30)19(26-13(3)28)9-14-11-25-20-16(14)5-4-6-17(20)23/h4-6,10-12,18-19,24-25H,7-9H2,1-3H3,(H,26,28)(H,27,30)/t18-,19+/m0/s1. The van der Waals surface area contributed by atoms with Crippen LogP contribution in [0, 0.1) is 11.2 Å². The first kappa shape index (κ1) is 24.7. The highest BCUT2D eigenvalue weighted by Crippen LogP contribution is 2.22. The van der Waals surface area contributed by atoms with Crippen molar-refractivity contribution in [2.24, 2.45) is 0 Å². The summed E-state index contributed by atoms with van der Waals surface area (Å²) in [7, 11) is 0. The Kier molecular flexibility index (Phi) is 8.62. The van der Waals surface area contributed by atoms with E-state index < -0.39 is 47.6 Å². The van der Waals surface area contributed by atoms with Gasteiger partial charge in [0.1, 0.15) is 17.9 Å². The predicted octanol–water partition coefficient (Wildman–Crippen LogP) is 1.79. The number of nitrogens with one attached hydrogen (secondary N) is 4. The van der Waals surface area contributed by atoms with Gasteiger partial charge in [-0.2, -0.15) is 0 Å². The van der Waals surface area contributed by atoms with E-state index in [0.29, 0.717) is 17.2 Å². The molecular weight excluding hydrogens is 419 g/mol. The van der Waals surface area contributed by atoms with Gasteiger partial charge in [0.05, 0.1) is 17.8 Å². The van der Waals surface area contributed by atoms with Crippen LogP contribution in [0.3, 0.4) is 0 Å². The van der Waals surface area contributed by atoms with Crippen LogP contribution < -0.4 is 10.6 Å². The smallest absolute Gasteiger partial charge is 0.328 e. The fraction of sp³-hybridized carbons (Fsp3) is 0.409. The molecule has 0 bridgehead atoms. The Balaban J connectivity index is 2.23. The summed E-state index contributed by atoms with van der Waals surface area (Å²) >= 11 is 0. The molecule has 0 spiro atoms. The summed E-state index contributed by atoms with van der Waals surface area (Å²) in [6.45, 7) is 4.55. The van der Waals surface area contributed by atoms with Crippen molar-refractivity contribution < 1.29 is 28.3 Å². The number of esters is 1. The topological polar surface area (TPSA) is 141 Å². The Morgan fingerprint density at radius 1 is 1.19 bits per heavy atom. The molecule has 2 atom stereocenters. The van der Waals surface area contributed by atoms with Crippen LogP contribution in [0.15, 0.2) is 24.4 Å². The molecule has 4 N–H and O–H groups in total. The molecule has 32 heavy (non-hydrogen) atoms. The number of carbonyl (C=O) groups excluding carboxylic acids is 4. The molecule has 0 radical (unpaired) electrons. The van der Waals surface area contributed by atoms with Crippen LogP contribution in [0.1, 0.15) is 39.2 Å². The second-order valence-electron chi connectivity index (χ2n) is 7.63. The van der Waals surface area contributed by atoms with Gasteiger partial charge in [0, 0.05) is 31.3 Å². The molecule has 0 aliphatic heterocycles. The van der Waals surface area contributed by atoms with Crippen LogP contribution in [0.4, 0.5) is 4.39 Å². The van der Waals surface area contributed by atoms with Gasteiger partial charge in [-0.25, -0.2) is 9.18 Å². The Hall–Kier alpha value is -3.56. The van der Waals surface area contributed by atoms with Crippen molar-refractivity contribution in [2.75, 3.05) is 0 Å². The molecule has 1 heterocycles. The van der Waals surface area contributed by atoms with Gasteiger partial charge >= 0.3 is 5.97 Å². The van der Waals surface area contributed by atoms with E-state index in [9.17, 15) is 23.6 Å². The molecule has 0 aliphatic rings. The van der Waals surface area contributed by atoms with Gasteiger partial charge in [-0.1, -0.05) is 12.1 Å². The number of ether oxygens (including phenoxy) is 1. The summed E-state index contributed by atoms with van der Waals surface area (Å²) in [6.07, 6.45) is 1.62. The van der Waals surface area contributed by atoms with E-state index in [2.05, 4.69) is 15.6 Å². The van der Waals surface area contributed by atoms with Crippen LogP contribution in [0.25, 0.3) is 10.9 Å². The number of para-hydroxylation sites is 1. The zero-order valence-corrected chi connectivity index (χ0v) is 18.2. The normalized spacial score (nSPS) is 12.8. The number of aromatic nitrogens is 1. The van der Waals surface area contributed by atoms with Gasteiger partial charge in [-0.05, 0) is 31.9 Å². The number of carbonyl (C=O) groups is 4. The van der Waals surface area contributed by atoms with E-state index in [4.69, 9.17) is 10.1 Å². The first-order valence-electron chi connectivity index (χ1n) is 10.2. The lowest BCUT2D eigenvalue weighted by atomic mass is 10.0. The Labute approximate surface area is 184 Å². The van der Waals surface area contributed by atoms with Crippen molar-refractivity contribution in [3.63, 3.8) is 0 Å². The highest BCUT2D eigenvalue weighted by molar-refractivity contribution is 6.26. The highest BCUT2D eigenvalue weighted by atomic mass is 19.1. The summed E-state index contributed by atoms with van der Waals surface area (Å²) in [5.74, 6) is -2.78. The number of ketones is 1. The molecule has 0 saturated carbocycles. The number of halogens is 1. The van der Waals surface area contributed by atoms with E-state index in [1.165, 1.54) is 13.0 Å². The largest absolute Gasteiger partial charge is 0.461 e. The lowest BCUT2D eigenvalue weighted by molar-refractivity contribution is -0.151. The molecule has 0 saturated heterocycles. The second kappa shape index (κ2) is 11.2. The van der Waals surface area contributed by atoms with E-state index >= 15 is 0 Å². The highest BCUT2D eigenvalue weighted by Gasteiger charge is 2.29. The Morgan fingerprint density at radius 2 is 1.91 bits per heavy atom. The lowest BCUT2D eigenvalue weighted by Crippen LogP contribution is -2.52. The monoisotopic (exact) mass is 446 g/mol. The summed E-state index contributed by atoms with van der Waals surface area (Å²) in [5, 5.41) is 12.6. The molecule has 2 amide bonds. The molecule has 10 heteroatoms. The molecule has 2 rings (SSSR count). The second-order valence-corrected chi connectivity index (χ2v) is 7.63. The van der Waals surface area contributed by atoms with Gasteiger partial charge in [-0.15, -0.1) is 0 Å². The predicted molar refractivity (Wildman–Crippen MR) is 116 cm³/mol. The van der Waals surface area contributed by atoms with Crippen molar-refractivity contribution in [3.05, 3.63) is 35.8 Å². The molecule has 1 aromatic carbocycles. The summed E-state index contributed by atoms with van der Waals surface area (Å²) in [6, 6.07) is 2.36. The molecule has 0 unspecified atom stereocenters. The van der Waals surface area contributed by atoms with E-state index in [-0.39, 0.29) is 24.8 Å². The van der Waals surface area contributed by atoms with Gasteiger partial charge in [0.25, 0.3) is 0 Å². The van der Waals surface area contributed by atoms with Crippen LogP contribution >= 0.6 is 0 Å². The third-order valence-corrected chi connectivity index (χ3v) is 4.66. The van der Waals surface area contributed by atoms with Gasteiger partial charge in [0.15, 0.2) is 5.78 Å². The number of hydrogen-bond donors (Lipinski definition) is 4. The van der Waals surface area contributed by atoms with Gasteiger partial charge in [0.2, 0.25) is 11.8 Å². The van der Waals surface area contributed by atoms with Crippen molar-refractivity contribution in [1.29, 1.82) is 5.41 Å². The van der Waals surface area contributed by atoms with E-state index in [0.717, 1.165) is 0 Å². The van der Waals surface area contributed by atoms with Crippen molar-refractivity contribution >= 4 is 40.7 Å². The molecule has 0 aliphatic carbocycles. The minimum absolute atomic E-state index is 0.0419. The maximum atomic E-state index is 14.0. The van der Waals surface area contributed by atoms with Crippen molar-refractivity contribution in [2.45, 2.75) is 58.2 Å². The zero-order chi connectivity index (χ0) is 23.8. The zero-order valence-electron chi connectivity index (χ0n) is 18.2. The van der Waals surface area contributed by atoms with Crippen molar-refractivity contribution in [1.82, 2.24) is 15.6 Å². The van der Waals surface area contributed by atoms with Crippen LogP contribution in [0.2, 0.25) is 0 Å². The number of amides is 2. The van der Waals surface area contributed by atoms with Crippen LogP contribution in [0.5, 0.6) is 0 Å².